The van der Waals surface area contributed by atoms with E-state index in [0.717, 1.165) is 17.6 Å². The van der Waals surface area contributed by atoms with Crippen LogP contribution in [0, 0.1) is 11.8 Å². The first-order chi connectivity index (χ1) is 10.6. The molecule has 0 aromatic carbocycles. The summed E-state index contributed by atoms with van der Waals surface area (Å²) in [5.74, 6) is 0.0306. The quantitative estimate of drug-likeness (QED) is 0.428. The standard InChI is InChI=1S/C17H18Cl2O4/c1-8(20)22-14-12-10-5-6-11(7-10)13(12)15(23-9(2)21)17(4,19)16(14,3)18/h5-6,10-11H,7H2,1-4H3. The second kappa shape index (κ2) is 5.12. The maximum atomic E-state index is 11.6. The largest absolute Gasteiger partial charge is 0.429 e. The Morgan fingerprint density at radius 2 is 1.30 bits per heavy atom. The molecular formula is C17H18Cl2O4. The molecule has 0 saturated heterocycles. The summed E-state index contributed by atoms with van der Waals surface area (Å²) < 4.78 is 11.0. The number of hydrogen-bond acceptors (Lipinski definition) is 4. The van der Waals surface area contributed by atoms with E-state index in [2.05, 4.69) is 12.2 Å². The molecule has 124 valence electrons. The molecule has 0 spiro atoms. The zero-order chi connectivity index (χ0) is 17.2. The van der Waals surface area contributed by atoms with Crippen molar-refractivity contribution in [3.63, 3.8) is 0 Å². The molecule has 4 nitrogen and oxygen atoms in total. The van der Waals surface area contributed by atoms with Crippen LogP contribution in [0.15, 0.2) is 34.8 Å². The normalized spacial score (nSPS) is 38.0. The van der Waals surface area contributed by atoms with Crippen molar-refractivity contribution in [2.45, 2.75) is 43.9 Å². The zero-order valence-corrected chi connectivity index (χ0v) is 14.9. The van der Waals surface area contributed by atoms with E-state index >= 15 is 0 Å². The van der Waals surface area contributed by atoms with Gasteiger partial charge in [0.25, 0.3) is 0 Å². The van der Waals surface area contributed by atoms with Crippen molar-refractivity contribution < 1.29 is 19.1 Å². The minimum Gasteiger partial charge on any atom is -0.429 e. The summed E-state index contributed by atoms with van der Waals surface area (Å²) in [6.45, 7) is 6.03. The third-order valence-corrected chi connectivity index (χ3v) is 6.03. The molecule has 3 aliphatic carbocycles. The van der Waals surface area contributed by atoms with E-state index in [1.54, 1.807) is 13.8 Å². The molecule has 0 heterocycles. The van der Waals surface area contributed by atoms with Crippen LogP contribution in [-0.2, 0) is 19.1 Å². The van der Waals surface area contributed by atoms with Gasteiger partial charge in [-0.15, -0.1) is 23.2 Å². The van der Waals surface area contributed by atoms with Gasteiger partial charge in [-0.1, -0.05) is 12.2 Å². The number of allylic oxidation sites excluding steroid dienone is 6. The SMILES string of the molecule is CC(=O)OC1=C2C(=C(OC(C)=O)C(C)(Cl)C1(C)Cl)C1C=CC2C1. The van der Waals surface area contributed by atoms with Gasteiger partial charge in [0, 0.05) is 36.8 Å². The molecule has 1 saturated carbocycles. The molecule has 0 aromatic rings. The van der Waals surface area contributed by atoms with Gasteiger partial charge in [-0.05, 0) is 20.3 Å². The Morgan fingerprint density at radius 3 is 1.61 bits per heavy atom. The Balaban J connectivity index is 2.29. The lowest BCUT2D eigenvalue weighted by Crippen LogP contribution is -2.50. The van der Waals surface area contributed by atoms with Crippen molar-refractivity contribution in [1.29, 1.82) is 0 Å². The number of fused-ring (bicyclic) bond motifs is 5. The fourth-order valence-corrected chi connectivity index (χ4v) is 4.08. The van der Waals surface area contributed by atoms with Gasteiger partial charge >= 0.3 is 11.9 Å². The molecule has 4 atom stereocenters. The highest BCUT2D eigenvalue weighted by molar-refractivity contribution is 6.37. The third-order valence-electron chi connectivity index (χ3n) is 4.83. The van der Waals surface area contributed by atoms with Crippen LogP contribution in [0.25, 0.3) is 0 Å². The first-order valence-electron chi connectivity index (χ1n) is 7.50. The maximum absolute atomic E-state index is 11.6. The number of carbonyl (C=O) groups is 2. The molecule has 0 radical (unpaired) electrons. The molecule has 0 aliphatic heterocycles. The Labute approximate surface area is 145 Å². The predicted octanol–water partition coefficient (Wildman–Crippen LogP) is 3.84. The topological polar surface area (TPSA) is 52.6 Å². The monoisotopic (exact) mass is 356 g/mol. The van der Waals surface area contributed by atoms with Crippen LogP contribution in [0.2, 0.25) is 0 Å². The lowest BCUT2D eigenvalue weighted by molar-refractivity contribution is -0.140. The number of alkyl halides is 2. The fraction of sp³-hybridized carbons (Fsp3) is 0.529. The molecule has 23 heavy (non-hydrogen) atoms. The highest BCUT2D eigenvalue weighted by Crippen LogP contribution is 2.61. The molecule has 0 aromatic heterocycles. The molecule has 3 rings (SSSR count). The summed E-state index contributed by atoms with van der Waals surface area (Å²) in [4.78, 5) is 20.7. The number of hydrogen-bond donors (Lipinski definition) is 0. The molecule has 1 fully saturated rings. The molecule has 2 bridgehead atoms. The second-order valence-corrected chi connectivity index (χ2v) is 8.02. The van der Waals surface area contributed by atoms with E-state index < -0.39 is 21.7 Å². The van der Waals surface area contributed by atoms with E-state index in [4.69, 9.17) is 32.7 Å². The van der Waals surface area contributed by atoms with Crippen molar-refractivity contribution in [2.24, 2.45) is 11.8 Å². The van der Waals surface area contributed by atoms with Crippen molar-refractivity contribution in [3.8, 4) is 0 Å². The van der Waals surface area contributed by atoms with Crippen molar-refractivity contribution >= 4 is 35.1 Å². The van der Waals surface area contributed by atoms with Crippen LogP contribution in [0.5, 0.6) is 0 Å². The molecular weight excluding hydrogens is 339 g/mol. The molecule has 6 heteroatoms. The summed E-state index contributed by atoms with van der Waals surface area (Å²) in [7, 11) is 0. The average Bonchev–Trinajstić information content (AvgIpc) is 3.00. The van der Waals surface area contributed by atoms with Crippen LogP contribution in [0.1, 0.15) is 34.1 Å². The van der Waals surface area contributed by atoms with Gasteiger partial charge in [0.1, 0.15) is 21.3 Å². The number of rotatable bonds is 2. The first kappa shape index (κ1) is 16.6. The molecule has 0 amide bonds. The van der Waals surface area contributed by atoms with E-state index in [1.165, 1.54) is 13.8 Å². The van der Waals surface area contributed by atoms with Crippen LogP contribution >= 0.6 is 23.2 Å². The van der Waals surface area contributed by atoms with Crippen molar-refractivity contribution in [2.75, 3.05) is 0 Å². The van der Waals surface area contributed by atoms with Gasteiger partial charge in [0.2, 0.25) is 0 Å². The summed E-state index contributed by atoms with van der Waals surface area (Å²) in [5.41, 5.74) is 1.67. The van der Waals surface area contributed by atoms with Gasteiger partial charge in [-0.2, -0.15) is 0 Å². The number of halogens is 2. The average molecular weight is 357 g/mol. The first-order valence-corrected chi connectivity index (χ1v) is 8.25. The van der Waals surface area contributed by atoms with E-state index in [1.807, 2.05) is 0 Å². The zero-order valence-electron chi connectivity index (χ0n) is 13.4. The summed E-state index contributed by atoms with van der Waals surface area (Å²) >= 11 is 13.5. The number of esters is 2. The smallest absolute Gasteiger partial charge is 0.307 e. The second-order valence-electron chi connectivity index (χ2n) is 6.51. The summed E-state index contributed by atoms with van der Waals surface area (Å²) in [5, 5.41) is 0. The van der Waals surface area contributed by atoms with E-state index in [9.17, 15) is 9.59 Å². The Morgan fingerprint density at radius 1 is 0.957 bits per heavy atom. The Hall–Kier alpha value is -1.26. The van der Waals surface area contributed by atoms with Gasteiger partial charge in [0.05, 0.1) is 0 Å². The van der Waals surface area contributed by atoms with Crippen molar-refractivity contribution in [1.82, 2.24) is 0 Å². The molecule has 4 unspecified atom stereocenters. The van der Waals surface area contributed by atoms with Gasteiger partial charge in [0.15, 0.2) is 0 Å². The number of carbonyl (C=O) groups excluding carboxylic acids is 2. The minimum absolute atomic E-state index is 0.0979. The van der Waals surface area contributed by atoms with Crippen LogP contribution < -0.4 is 0 Å². The predicted molar refractivity (Wildman–Crippen MR) is 86.8 cm³/mol. The van der Waals surface area contributed by atoms with Crippen LogP contribution in [0.3, 0.4) is 0 Å². The molecule has 0 N–H and O–H groups in total. The number of ether oxygens (including phenoxy) is 2. The summed E-state index contributed by atoms with van der Waals surface area (Å²) in [6.07, 6.45) is 4.99. The Bertz CT molecular complexity index is 639. The fourth-order valence-electron chi connectivity index (χ4n) is 3.63. The van der Waals surface area contributed by atoms with E-state index in [-0.39, 0.29) is 11.8 Å². The minimum atomic E-state index is -1.22. The highest BCUT2D eigenvalue weighted by Gasteiger charge is 2.60. The van der Waals surface area contributed by atoms with E-state index in [0.29, 0.717) is 11.5 Å². The van der Waals surface area contributed by atoms with Gasteiger partial charge < -0.3 is 9.47 Å². The lowest BCUT2D eigenvalue weighted by atomic mass is 9.76. The third kappa shape index (κ3) is 2.26. The van der Waals surface area contributed by atoms with Crippen LogP contribution in [0.4, 0.5) is 0 Å². The van der Waals surface area contributed by atoms with Crippen LogP contribution in [-0.4, -0.2) is 21.7 Å². The van der Waals surface area contributed by atoms with Crippen molar-refractivity contribution in [3.05, 3.63) is 34.8 Å². The summed E-state index contributed by atoms with van der Waals surface area (Å²) in [6, 6.07) is 0. The maximum Gasteiger partial charge on any atom is 0.307 e. The molecule has 3 aliphatic rings. The Kier molecular flexibility index (Phi) is 3.69. The lowest BCUT2D eigenvalue weighted by Gasteiger charge is -2.44. The van der Waals surface area contributed by atoms with Gasteiger partial charge in [-0.25, -0.2) is 0 Å². The van der Waals surface area contributed by atoms with Gasteiger partial charge in [-0.3, -0.25) is 9.59 Å². The highest BCUT2D eigenvalue weighted by atomic mass is 35.5.